The Morgan fingerprint density at radius 3 is 2.13 bits per heavy atom. The minimum atomic E-state index is -3.47. The van der Waals surface area contributed by atoms with Crippen molar-refractivity contribution < 1.29 is 13.2 Å². The number of rotatable bonds is 7. The van der Waals surface area contributed by atoms with Crippen molar-refractivity contribution in [3.8, 4) is 0 Å². The summed E-state index contributed by atoms with van der Waals surface area (Å²) in [4.78, 5) is 12.5. The first-order chi connectivity index (χ1) is 14.6. The molecular weight excluding hydrogens is 408 g/mol. The zero-order valence-electron chi connectivity index (χ0n) is 19.1. The molecule has 0 spiro atoms. The Morgan fingerprint density at radius 1 is 1.00 bits per heavy atom. The first-order valence-electron chi connectivity index (χ1n) is 11.1. The topological polar surface area (TPSA) is 66.5 Å². The van der Waals surface area contributed by atoms with E-state index < -0.39 is 10.0 Å². The molecule has 6 heteroatoms. The predicted molar refractivity (Wildman–Crippen MR) is 127 cm³/mol. The number of nitrogens with zero attached hydrogens (tertiary/aromatic N) is 1. The summed E-state index contributed by atoms with van der Waals surface area (Å²) in [5.74, 6) is 0.517. The van der Waals surface area contributed by atoms with E-state index in [1.54, 1.807) is 12.1 Å². The maximum atomic E-state index is 12.6. The van der Waals surface area contributed by atoms with E-state index in [2.05, 4.69) is 5.32 Å². The van der Waals surface area contributed by atoms with E-state index in [1.165, 1.54) is 42.7 Å². The Bertz CT molecular complexity index is 1000. The molecule has 0 saturated heterocycles. The monoisotopic (exact) mass is 442 g/mol. The molecule has 0 radical (unpaired) electrons. The fraction of sp³-hybridized carbons (Fsp3) is 0.480. The Balaban J connectivity index is 1.72. The normalized spacial score (nSPS) is 15.0. The molecule has 0 heterocycles. The number of carbonyl (C=O) groups excluding carboxylic acids is 1. The average Bonchev–Trinajstić information content (AvgIpc) is 2.71. The van der Waals surface area contributed by atoms with Gasteiger partial charge in [0, 0.05) is 12.1 Å². The molecule has 0 aliphatic heterocycles. The van der Waals surface area contributed by atoms with Gasteiger partial charge in [-0.25, -0.2) is 8.42 Å². The van der Waals surface area contributed by atoms with Gasteiger partial charge in [0.05, 0.1) is 18.5 Å². The zero-order valence-corrected chi connectivity index (χ0v) is 19.9. The van der Waals surface area contributed by atoms with Gasteiger partial charge in [-0.2, -0.15) is 0 Å². The first-order valence-corrected chi connectivity index (χ1v) is 12.9. The van der Waals surface area contributed by atoms with Crippen molar-refractivity contribution in [3.63, 3.8) is 0 Å². The van der Waals surface area contributed by atoms with E-state index >= 15 is 0 Å². The van der Waals surface area contributed by atoms with Crippen LogP contribution in [0.25, 0.3) is 0 Å². The van der Waals surface area contributed by atoms with Gasteiger partial charge in [0.15, 0.2) is 0 Å². The predicted octanol–water partition coefficient (Wildman–Crippen LogP) is 4.89. The van der Waals surface area contributed by atoms with Crippen molar-refractivity contribution in [2.45, 2.75) is 59.4 Å². The van der Waals surface area contributed by atoms with Gasteiger partial charge in [0.1, 0.15) is 0 Å². The quantitative estimate of drug-likeness (QED) is 0.664. The summed E-state index contributed by atoms with van der Waals surface area (Å²) in [5, 5.41) is 3.05. The maximum Gasteiger partial charge on any atom is 0.251 e. The summed E-state index contributed by atoms with van der Waals surface area (Å²) in [6, 6.07) is 11.2. The molecule has 1 aliphatic carbocycles. The molecule has 5 nitrogen and oxygen atoms in total. The SMILES string of the molecule is Cc1cc(C)c(N(Cc2ccc(C(=O)NCC3CCCCC3)cc2)S(C)(=O)=O)c(C)c1. The molecule has 168 valence electrons. The third kappa shape index (κ3) is 6.10. The van der Waals surface area contributed by atoms with Crippen molar-refractivity contribution in [3.05, 3.63) is 64.2 Å². The minimum absolute atomic E-state index is 0.0673. The second-order valence-electron chi connectivity index (χ2n) is 8.93. The van der Waals surface area contributed by atoms with Crippen LogP contribution in [-0.2, 0) is 16.6 Å². The highest BCUT2D eigenvalue weighted by Crippen LogP contribution is 2.30. The number of anilines is 1. The van der Waals surface area contributed by atoms with E-state index in [4.69, 9.17) is 0 Å². The van der Waals surface area contributed by atoms with Gasteiger partial charge in [-0.1, -0.05) is 49.1 Å². The van der Waals surface area contributed by atoms with Gasteiger partial charge in [0.2, 0.25) is 10.0 Å². The van der Waals surface area contributed by atoms with Crippen LogP contribution in [0.5, 0.6) is 0 Å². The number of amides is 1. The van der Waals surface area contributed by atoms with Crippen LogP contribution in [-0.4, -0.2) is 27.1 Å². The lowest BCUT2D eigenvalue weighted by Gasteiger charge is -2.26. The Morgan fingerprint density at radius 2 is 1.58 bits per heavy atom. The summed E-state index contributed by atoms with van der Waals surface area (Å²) < 4.78 is 26.6. The van der Waals surface area contributed by atoms with Crippen molar-refractivity contribution in [1.29, 1.82) is 0 Å². The standard InChI is InChI=1S/C25H34N2O3S/c1-18-14-19(2)24(20(3)15-18)27(31(4,29)30)17-22-10-12-23(13-11-22)25(28)26-16-21-8-6-5-7-9-21/h10-15,21H,5-9,16-17H2,1-4H3,(H,26,28). The summed E-state index contributed by atoms with van der Waals surface area (Å²) >= 11 is 0. The highest BCUT2D eigenvalue weighted by atomic mass is 32.2. The van der Waals surface area contributed by atoms with Crippen LogP contribution >= 0.6 is 0 Å². The lowest BCUT2D eigenvalue weighted by Crippen LogP contribution is -2.31. The number of benzene rings is 2. The van der Waals surface area contributed by atoms with Gasteiger partial charge in [-0.3, -0.25) is 9.10 Å². The fourth-order valence-corrected chi connectivity index (χ4v) is 5.59. The van der Waals surface area contributed by atoms with Gasteiger partial charge >= 0.3 is 0 Å². The third-order valence-electron chi connectivity index (χ3n) is 6.10. The molecule has 0 bridgehead atoms. The summed E-state index contributed by atoms with van der Waals surface area (Å²) in [7, 11) is -3.47. The number of sulfonamides is 1. The smallest absolute Gasteiger partial charge is 0.251 e. The highest BCUT2D eigenvalue weighted by Gasteiger charge is 2.22. The van der Waals surface area contributed by atoms with Gasteiger partial charge in [0.25, 0.3) is 5.91 Å². The minimum Gasteiger partial charge on any atom is -0.352 e. The Kier molecular flexibility index (Phi) is 7.42. The maximum absolute atomic E-state index is 12.6. The van der Waals surface area contributed by atoms with Crippen LogP contribution < -0.4 is 9.62 Å². The highest BCUT2D eigenvalue weighted by molar-refractivity contribution is 7.92. The lowest BCUT2D eigenvalue weighted by molar-refractivity contribution is 0.0943. The Hall–Kier alpha value is -2.34. The average molecular weight is 443 g/mol. The number of hydrogen-bond donors (Lipinski definition) is 1. The summed E-state index contributed by atoms with van der Waals surface area (Å²) in [5.41, 5.74) is 5.14. The van der Waals surface area contributed by atoms with E-state index in [1.807, 2.05) is 45.0 Å². The Labute approximate surface area is 186 Å². The summed E-state index contributed by atoms with van der Waals surface area (Å²) in [6.07, 6.45) is 7.44. The molecule has 0 unspecified atom stereocenters. The van der Waals surface area contributed by atoms with E-state index in [0.717, 1.165) is 34.5 Å². The fourth-order valence-electron chi connectivity index (χ4n) is 4.59. The largest absolute Gasteiger partial charge is 0.352 e. The molecule has 3 rings (SSSR count). The molecule has 1 N–H and O–H groups in total. The van der Waals surface area contributed by atoms with E-state index in [9.17, 15) is 13.2 Å². The molecule has 0 atom stereocenters. The van der Waals surface area contributed by atoms with Crippen molar-refractivity contribution in [2.24, 2.45) is 5.92 Å². The molecule has 1 amide bonds. The molecule has 1 fully saturated rings. The van der Waals surface area contributed by atoms with Crippen molar-refractivity contribution >= 4 is 21.6 Å². The molecule has 2 aromatic carbocycles. The van der Waals surface area contributed by atoms with Crippen LogP contribution in [0.1, 0.15) is 64.7 Å². The number of carbonyl (C=O) groups is 1. The third-order valence-corrected chi connectivity index (χ3v) is 7.22. The van der Waals surface area contributed by atoms with E-state index in [-0.39, 0.29) is 12.5 Å². The van der Waals surface area contributed by atoms with Crippen LogP contribution in [0.15, 0.2) is 36.4 Å². The van der Waals surface area contributed by atoms with Crippen molar-refractivity contribution in [1.82, 2.24) is 5.32 Å². The van der Waals surface area contributed by atoms with Crippen LogP contribution in [0.3, 0.4) is 0 Å². The van der Waals surface area contributed by atoms with Crippen LogP contribution in [0, 0.1) is 26.7 Å². The second-order valence-corrected chi connectivity index (χ2v) is 10.8. The van der Waals surface area contributed by atoms with Gasteiger partial charge in [-0.05, 0) is 68.4 Å². The van der Waals surface area contributed by atoms with Crippen LogP contribution in [0.4, 0.5) is 5.69 Å². The van der Waals surface area contributed by atoms with Gasteiger partial charge < -0.3 is 5.32 Å². The second kappa shape index (κ2) is 9.86. The van der Waals surface area contributed by atoms with E-state index in [0.29, 0.717) is 11.5 Å². The number of hydrogen-bond acceptors (Lipinski definition) is 3. The number of aryl methyl sites for hydroxylation is 3. The van der Waals surface area contributed by atoms with Crippen molar-refractivity contribution in [2.75, 3.05) is 17.1 Å². The molecule has 0 aromatic heterocycles. The summed E-state index contributed by atoms with van der Waals surface area (Å²) in [6.45, 7) is 6.84. The zero-order chi connectivity index (χ0) is 22.6. The molecule has 1 saturated carbocycles. The van der Waals surface area contributed by atoms with Gasteiger partial charge in [-0.15, -0.1) is 0 Å². The molecule has 2 aromatic rings. The van der Waals surface area contributed by atoms with Crippen LogP contribution in [0.2, 0.25) is 0 Å². The lowest BCUT2D eigenvalue weighted by atomic mass is 9.89. The molecule has 31 heavy (non-hydrogen) atoms. The molecule has 1 aliphatic rings. The molecular formula is C25H34N2O3S. The first kappa shape index (κ1) is 23.3. The number of nitrogens with one attached hydrogen (secondary N) is 1.